The van der Waals surface area contributed by atoms with E-state index in [1.807, 2.05) is 30.3 Å². The van der Waals surface area contributed by atoms with Crippen LogP contribution in [0.15, 0.2) is 63.4 Å². The molecule has 144 valence electrons. The summed E-state index contributed by atoms with van der Waals surface area (Å²) < 4.78 is 25.0. The zero-order valence-electron chi connectivity index (χ0n) is 16.9. The van der Waals surface area contributed by atoms with Gasteiger partial charge < -0.3 is 18.1 Å². The zero-order chi connectivity index (χ0) is 20.0. The molecule has 5 aromatic rings. The third-order valence-electron chi connectivity index (χ3n) is 6.53. The lowest BCUT2D eigenvalue weighted by molar-refractivity contribution is 0.00578. The van der Waals surface area contributed by atoms with Gasteiger partial charge in [0.25, 0.3) is 0 Å². The summed E-state index contributed by atoms with van der Waals surface area (Å²) in [6.45, 7) is 8.24. The van der Waals surface area contributed by atoms with E-state index in [0.29, 0.717) is 0 Å². The largest absolute Gasteiger partial charge is 0.498 e. The molecule has 0 radical (unpaired) electrons. The van der Waals surface area contributed by atoms with Crippen molar-refractivity contribution in [3.05, 3.63) is 54.6 Å². The normalized spacial score (nSPS) is 18.6. The lowest BCUT2D eigenvalue weighted by Crippen LogP contribution is -2.41. The molecule has 1 fully saturated rings. The summed E-state index contributed by atoms with van der Waals surface area (Å²) in [6, 6.07) is 18.3. The van der Waals surface area contributed by atoms with Gasteiger partial charge in [0.1, 0.15) is 22.3 Å². The number of hydrogen-bond acceptors (Lipinski definition) is 4. The van der Waals surface area contributed by atoms with Crippen molar-refractivity contribution in [2.45, 2.75) is 38.9 Å². The third-order valence-corrected chi connectivity index (χ3v) is 6.53. The molecule has 29 heavy (non-hydrogen) atoms. The third kappa shape index (κ3) is 2.29. The molecule has 4 nitrogen and oxygen atoms in total. The molecule has 0 bridgehead atoms. The van der Waals surface area contributed by atoms with Gasteiger partial charge in [-0.1, -0.05) is 36.4 Å². The van der Waals surface area contributed by atoms with Crippen LogP contribution in [0.1, 0.15) is 27.7 Å². The van der Waals surface area contributed by atoms with Crippen LogP contribution in [0, 0.1) is 0 Å². The predicted octanol–water partition coefficient (Wildman–Crippen LogP) is 5.78. The summed E-state index contributed by atoms with van der Waals surface area (Å²) in [5, 5.41) is 4.22. The Morgan fingerprint density at radius 2 is 1.24 bits per heavy atom. The van der Waals surface area contributed by atoms with Gasteiger partial charge in [0.05, 0.1) is 11.2 Å². The quantitative estimate of drug-likeness (QED) is 0.344. The number of hydrogen-bond donors (Lipinski definition) is 0. The molecule has 0 amide bonds. The molecule has 0 atom stereocenters. The highest BCUT2D eigenvalue weighted by Crippen LogP contribution is 2.39. The first kappa shape index (κ1) is 17.1. The standard InChI is InChI=1S/C24H21BO4/c1-23(2)24(3,4)29-25(28-23)18-10-7-9-15-17-13-20-16(12-21(17)27-22(15)18)14-8-5-6-11-19(14)26-20/h5-13H,1-4H3. The molecule has 0 N–H and O–H groups in total. The minimum absolute atomic E-state index is 0.398. The molecule has 3 aromatic carbocycles. The predicted molar refractivity (Wildman–Crippen MR) is 117 cm³/mol. The van der Waals surface area contributed by atoms with Crippen molar-refractivity contribution in [2.75, 3.05) is 0 Å². The van der Waals surface area contributed by atoms with Crippen LogP contribution in [0.5, 0.6) is 0 Å². The second-order valence-electron chi connectivity index (χ2n) is 8.86. The molecule has 0 spiro atoms. The highest BCUT2D eigenvalue weighted by molar-refractivity contribution is 6.65. The van der Waals surface area contributed by atoms with Crippen molar-refractivity contribution in [3.8, 4) is 0 Å². The van der Waals surface area contributed by atoms with Crippen molar-refractivity contribution in [1.29, 1.82) is 0 Å². The van der Waals surface area contributed by atoms with Gasteiger partial charge in [-0.25, -0.2) is 0 Å². The maximum Gasteiger partial charge on any atom is 0.498 e. The van der Waals surface area contributed by atoms with Crippen LogP contribution in [-0.4, -0.2) is 18.3 Å². The first-order valence-electron chi connectivity index (χ1n) is 9.96. The van der Waals surface area contributed by atoms with Crippen LogP contribution in [0.2, 0.25) is 0 Å². The Labute approximate surface area is 168 Å². The molecule has 6 rings (SSSR count). The number of rotatable bonds is 1. The summed E-state index contributed by atoms with van der Waals surface area (Å²) in [5.74, 6) is 0. The number of fused-ring (bicyclic) bond motifs is 6. The zero-order valence-corrected chi connectivity index (χ0v) is 16.9. The molecule has 5 heteroatoms. The Morgan fingerprint density at radius 1 is 0.621 bits per heavy atom. The second-order valence-corrected chi connectivity index (χ2v) is 8.86. The molecular formula is C24H21BO4. The van der Waals surface area contributed by atoms with Gasteiger partial charge in [-0.2, -0.15) is 0 Å². The average Bonchev–Trinajstić information content (AvgIpc) is 3.28. The van der Waals surface area contributed by atoms with E-state index < -0.39 is 18.3 Å². The molecule has 3 heterocycles. The lowest BCUT2D eigenvalue weighted by atomic mass is 9.78. The average molecular weight is 384 g/mol. The van der Waals surface area contributed by atoms with Gasteiger partial charge >= 0.3 is 7.12 Å². The van der Waals surface area contributed by atoms with Gasteiger partial charge in [-0.15, -0.1) is 0 Å². The fourth-order valence-electron chi connectivity index (χ4n) is 4.19. The van der Waals surface area contributed by atoms with Crippen LogP contribution < -0.4 is 5.46 Å². The summed E-state index contributed by atoms with van der Waals surface area (Å²) >= 11 is 0. The smallest absolute Gasteiger partial charge is 0.456 e. The van der Waals surface area contributed by atoms with Crippen molar-refractivity contribution >= 4 is 56.5 Å². The van der Waals surface area contributed by atoms with Crippen LogP contribution in [0.4, 0.5) is 0 Å². The summed E-state index contributed by atoms with van der Waals surface area (Å²) in [7, 11) is -0.465. The monoisotopic (exact) mass is 384 g/mol. The van der Waals surface area contributed by atoms with E-state index in [1.54, 1.807) is 0 Å². The first-order valence-corrected chi connectivity index (χ1v) is 9.96. The number of para-hydroxylation sites is 2. The Balaban J connectivity index is 1.59. The Bertz CT molecular complexity index is 1410. The maximum absolute atomic E-state index is 6.36. The van der Waals surface area contributed by atoms with Crippen molar-refractivity contribution in [2.24, 2.45) is 0 Å². The topological polar surface area (TPSA) is 44.7 Å². The minimum Gasteiger partial charge on any atom is -0.456 e. The van der Waals surface area contributed by atoms with E-state index >= 15 is 0 Å². The molecule has 1 aliphatic heterocycles. The van der Waals surface area contributed by atoms with Crippen LogP contribution in [0.3, 0.4) is 0 Å². The lowest BCUT2D eigenvalue weighted by Gasteiger charge is -2.32. The van der Waals surface area contributed by atoms with Gasteiger partial charge in [-0.3, -0.25) is 0 Å². The number of benzene rings is 3. The SMILES string of the molecule is CC1(C)OB(c2cccc3c2oc2cc4c(cc23)oc2ccccc24)OC1(C)C. The summed E-state index contributed by atoms with van der Waals surface area (Å²) in [5.41, 5.74) is 3.51. The van der Waals surface area contributed by atoms with E-state index in [9.17, 15) is 0 Å². The van der Waals surface area contributed by atoms with Crippen molar-refractivity contribution in [1.82, 2.24) is 0 Å². The first-order chi connectivity index (χ1) is 13.8. The fourth-order valence-corrected chi connectivity index (χ4v) is 4.19. The van der Waals surface area contributed by atoms with Crippen LogP contribution in [0.25, 0.3) is 43.9 Å². The summed E-state index contributed by atoms with van der Waals surface area (Å²) in [6.07, 6.45) is 0. The van der Waals surface area contributed by atoms with Crippen LogP contribution in [-0.2, 0) is 9.31 Å². The summed E-state index contributed by atoms with van der Waals surface area (Å²) in [4.78, 5) is 0. The van der Waals surface area contributed by atoms with E-state index in [1.165, 1.54) is 0 Å². The fraction of sp³-hybridized carbons (Fsp3) is 0.250. The van der Waals surface area contributed by atoms with Crippen LogP contribution >= 0.6 is 0 Å². The molecule has 0 unspecified atom stereocenters. The van der Waals surface area contributed by atoms with E-state index in [2.05, 4.69) is 52.0 Å². The molecule has 0 aliphatic carbocycles. The Hall–Kier alpha value is -2.76. The molecule has 0 saturated carbocycles. The van der Waals surface area contributed by atoms with E-state index in [-0.39, 0.29) is 0 Å². The minimum atomic E-state index is -0.465. The Kier molecular flexibility index (Phi) is 3.21. The van der Waals surface area contributed by atoms with Crippen molar-refractivity contribution in [3.63, 3.8) is 0 Å². The highest BCUT2D eigenvalue weighted by Gasteiger charge is 2.52. The van der Waals surface area contributed by atoms with Gasteiger partial charge in [0, 0.05) is 27.0 Å². The van der Waals surface area contributed by atoms with Gasteiger partial charge in [0.15, 0.2) is 0 Å². The molecular weight excluding hydrogens is 363 g/mol. The molecule has 2 aromatic heterocycles. The number of furan rings is 2. The van der Waals surface area contributed by atoms with Gasteiger partial charge in [-0.05, 0) is 45.9 Å². The maximum atomic E-state index is 6.36. The van der Waals surface area contributed by atoms with Crippen molar-refractivity contribution < 1.29 is 18.1 Å². The highest BCUT2D eigenvalue weighted by atomic mass is 16.7. The molecule has 1 aliphatic rings. The van der Waals surface area contributed by atoms with E-state index in [0.717, 1.165) is 49.3 Å². The van der Waals surface area contributed by atoms with E-state index in [4.69, 9.17) is 18.1 Å². The van der Waals surface area contributed by atoms with Gasteiger partial charge in [0.2, 0.25) is 0 Å². The second kappa shape index (κ2) is 5.44. The Morgan fingerprint density at radius 3 is 2.00 bits per heavy atom. The molecule has 1 saturated heterocycles.